The molecular formula is C7H7N3O2. The minimum Gasteiger partial charge on any atom is -0.323 e. The maximum Gasteiger partial charge on any atom is 0.322 e. The predicted molar refractivity (Wildman–Crippen MR) is 37.7 cm³/mol. The van der Waals surface area contributed by atoms with E-state index in [-0.39, 0.29) is 11.8 Å². The molecule has 1 saturated heterocycles. The summed E-state index contributed by atoms with van der Waals surface area (Å²) in [5, 5.41) is 13.2. The molecule has 62 valence electrons. The van der Waals surface area contributed by atoms with Crippen LogP contribution in [0.4, 0.5) is 4.79 Å². The standard InChI is InChI=1S/C7H7N3O2/c8-3-4-1-7(2-4)5(11)9-6(12)10-7/h4H,1-2H2,(H2,9,10,11,12). The summed E-state index contributed by atoms with van der Waals surface area (Å²) < 4.78 is 0. The van der Waals surface area contributed by atoms with Crippen LogP contribution in [0.3, 0.4) is 0 Å². The van der Waals surface area contributed by atoms with Crippen LogP contribution in [0.5, 0.6) is 0 Å². The van der Waals surface area contributed by atoms with Crippen molar-refractivity contribution in [2.75, 3.05) is 0 Å². The van der Waals surface area contributed by atoms with E-state index in [1.54, 1.807) is 0 Å². The first kappa shape index (κ1) is 7.10. The van der Waals surface area contributed by atoms with E-state index in [1.165, 1.54) is 0 Å². The van der Waals surface area contributed by atoms with Gasteiger partial charge in [-0.05, 0) is 12.8 Å². The molecule has 1 aliphatic heterocycles. The SMILES string of the molecule is N#CC1CC2(C1)NC(=O)NC2=O. The molecule has 12 heavy (non-hydrogen) atoms. The van der Waals surface area contributed by atoms with E-state index in [4.69, 9.17) is 5.26 Å². The number of nitrogens with one attached hydrogen (secondary N) is 2. The minimum atomic E-state index is -0.752. The molecule has 2 rings (SSSR count). The van der Waals surface area contributed by atoms with Crippen molar-refractivity contribution in [3.8, 4) is 6.07 Å². The second-order valence-electron chi connectivity index (χ2n) is 3.22. The highest BCUT2D eigenvalue weighted by Crippen LogP contribution is 2.39. The molecule has 1 spiro atoms. The average molecular weight is 165 g/mol. The summed E-state index contributed by atoms with van der Waals surface area (Å²) in [6.07, 6.45) is 0.891. The maximum atomic E-state index is 11.1. The van der Waals surface area contributed by atoms with Crippen LogP contribution < -0.4 is 10.6 Å². The van der Waals surface area contributed by atoms with Gasteiger partial charge in [-0.25, -0.2) is 4.79 Å². The Bertz CT molecular complexity index is 298. The Balaban J connectivity index is 2.12. The summed E-state index contributed by atoms with van der Waals surface area (Å²) in [6, 6.07) is 1.61. The van der Waals surface area contributed by atoms with Crippen molar-refractivity contribution in [2.45, 2.75) is 18.4 Å². The second kappa shape index (κ2) is 1.97. The van der Waals surface area contributed by atoms with Gasteiger partial charge in [0.2, 0.25) is 0 Å². The van der Waals surface area contributed by atoms with Gasteiger partial charge in [0.1, 0.15) is 5.54 Å². The van der Waals surface area contributed by atoms with Crippen LogP contribution >= 0.6 is 0 Å². The van der Waals surface area contributed by atoms with Crippen LogP contribution in [0.2, 0.25) is 0 Å². The third kappa shape index (κ3) is 0.720. The van der Waals surface area contributed by atoms with E-state index < -0.39 is 11.6 Å². The monoisotopic (exact) mass is 165 g/mol. The summed E-state index contributed by atoms with van der Waals surface area (Å²) in [7, 11) is 0. The fourth-order valence-electron chi connectivity index (χ4n) is 1.69. The largest absolute Gasteiger partial charge is 0.323 e. The molecule has 2 N–H and O–H groups in total. The van der Waals surface area contributed by atoms with Gasteiger partial charge in [0.15, 0.2) is 0 Å². The first-order chi connectivity index (χ1) is 5.66. The fraction of sp³-hybridized carbons (Fsp3) is 0.571. The Labute approximate surface area is 68.7 Å². The number of urea groups is 1. The van der Waals surface area contributed by atoms with Crippen LogP contribution in [0, 0.1) is 17.2 Å². The van der Waals surface area contributed by atoms with E-state index in [0.29, 0.717) is 12.8 Å². The zero-order valence-corrected chi connectivity index (χ0v) is 6.26. The summed E-state index contributed by atoms with van der Waals surface area (Å²) in [4.78, 5) is 21.9. The quantitative estimate of drug-likeness (QED) is 0.474. The number of nitrogens with zero attached hydrogens (tertiary/aromatic N) is 1. The number of rotatable bonds is 0. The Morgan fingerprint density at radius 3 is 2.58 bits per heavy atom. The van der Waals surface area contributed by atoms with Crippen LogP contribution in [0.25, 0.3) is 0 Å². The first-order valence-corrected chi connectivity index (χ1v) is 3.69. The molecule has 5 heteroatoms. The van der Waals surface area contributed by atoms with E-state index in [2.05, 4.69) is 16.7 Å². The Hall–Kier alpha value is -1.57. The zero-order chi connectivity index (χ0) is 8.77. The number of hydrogen-bond donors (Lipinski definition) is 2. The average Bonchev–Trinajstić information content (AvgIpc) is 2.22. The summed E-state index contributed by atoms with van der Waals surface area (Å²) in [6.45, 7) is 0. The first-order valence-electron chi connectivity index (χ1n) is 3.69. The molecule has 1 aliphatic carbocycles. The van der Waals surface area contributed by atoms with Crippen molar-refractivity contribution < 1.29 is 9.59 Å². The number of carbonyl (C=O) groups is 2. The van der Waals surface area contributed by atoms with Crippen molar-refractivity contribution in [2.24, 2.45) is 5.92 Å². The molecule has 0 bridgehead atoms. The number of hydrogen-bond acceptors (Lipinski definition) is 3. The van der Waals surface area contributed by atoms with Gasteiger partial charge < -0.3 is 5.32 Å². The summed E-state index contributed by atoms with van der Waals surface area (Å²) in [5.41, 5.74) is -0.752. The van der Waals surface area contributed by atoms with Gasteiger partial charge in [0, 0.05) is 0 Å². The third-order valence-electron chi connectivity index (χ3n) is 2.39. The molecule has 0 unspecified atom stereocenters. The molecule has 0 radical (unpaired) electrons. The Kier molecular flexibility index (Phi) is 1.17. The van der Waals surface area contributed by atoms with Crippen LogP contribution in [-0.4, -0.2) is 17.5 Å². The molecule has 3 amide bonds. The number of imide groups is 1. The molecule has 0 aromatic rings. The number of carbonyl (C=O) groups excluding carboxylic acids is 2. The normalized spacial score (nSPS) is 38.4. The highest BCUT2D eigenvalue weighted by molar-refractivity contribution is 6.07. The minimum absolute atomic E-state index is 0.0888. The van der Waals surface area contributed by atoms with Crippen molar-refractivity contribution in [1.29, 1.82) is 5.26 Å². The lowest BCUT2D eigenvalue weighted by Gasteiger charge is -2.38. The van der Waals surface area contributed by atoms with Gasteiger partial charge in [0.25, 0.3) is 5.91 Å². The van der Waals surface area contributed by atoms with Gasteiger partial charge >= 0.3 is 6.03 Å². The van der Waals surface area contributed by atoms with Crippen molar-refractivity contribution in [3.63, 3.8) is 0 Å². The third-order valence-corrected chi connectivity index (χ3v) is 2.39. The number of nitriles is 1. The molecule has 0 aromatic carbocycles. The molecule has 0 aromatic heterocycles. The van der Waals surface area contributed by atoms with E-state index in [1.807, 2.05) is 0 Å². The zero-order valence-electron chi connectivity index (χ0n) is 6.26. The molecule has 0 atom stereocenters. The van der Waals surface area contributed by atoms with Gasteiger partial charge in [-0.2, -0.15) is 5.26 Å². The van der Waals surface area contributed by atoms with E-state index >= 15 is 0 Å². The smallest absolute Gasteiger partial charge is 0.322 e. The summed E-state index contributed by atoms with van der Waals surface area (Å²) >= 11 is 0. The maximum absolute atomic E-state index is 11.1. The molecular weight excluding hydrogens is 158 g/mol. The van der Waals surface area contributed by atoms with Crippen LogP contribution in [-0.2, 0) is 4.79 Å². The van der Waals surface area contributed by atoms with E-state index in [9.17, 15) is 9.59 Å². The lowest BCUT2D eigenvalue weighted by atomic mass is 9.69. The van der Waals surface area contributed by atoms with Gasteiger partial charge in [0.05, 0.1) is 12.0 Å². The predicted octanol–water partition coefficient (Wildman–Crippen LogP) is -0.502. The van der Waals surface area contributed by atoms with Crippen molar-refractivity contribution >= 4 is 11.9 Å². The van der Waals surface area contributed by atoms with Crippen LogP contribution in [0.1, 0.15) is 12.8 Å². The fourth-order valence-corrected chi connectivity index (χ4v) is 1.69. The van der Waals surface area contributed by atoms with Crippen molar-refractivity contribution in [1.82, 2.24) is 10.6 Å². The van der Waals surface area contributed by atoms with Gasteiger partial charge in [-0.1, -0.05) is 0 Å². The highest BCUT2D eigenvalue weighted by atomic mass is 16.2. The van der Waals surface area contributed by atoms with Gasteiger partial charge in [-0.3, -0.25) is 10.1 Å². The van der Waals surface area contributed by atoms with Crippen LogP contribution in [0.15, 0.2) is 0 Å². The highest BCUT2D eigenvalue weighted by Gasteiger charge is 2.55. The lowest BCUT2D eigenvalue weighted by molar-refractivity contribution is -0.127. The number of amides is 3. The second-order valence-corrected chi connectivity index (χ2v) is 3.22. The topological polar surface area (TPSA) is 82.0 Å². The summed E-state index contributed by atoms with van der Waals surface area (Å²) in [5.74, 6) is -0.381. The molecule has 2 aliphatic rings. The molecule has 5 nitrogen and oxygen atoms in total. The lowest BCUT2D eigenvalue weighted by Crippen LogP contribution is -2.56. The molecule has 1 saturated carbocycles. The van der Waals surface area contributed by atoms with Gasteiger partial charge in [-0.15, -0.1) is 0 Å². The Morgan fingerprint density at radius 1 is 1.50 bits per heavy atom. The molecule has 2 fully saturated rings. The van der Waals surface area contributed by atoms with E-state index in [0.717, 1.165) is 0 Å². The van der Waals surface area contributed by atoms with Crippen molar-refractivity contribution in [3.05, 3.63) is 0 Å². The molecule has 1 heterocycles. The Morgan fingerprint density at radius 2 is 2.17 bits per heavy atom.